The standard InChI is InChI=1S/C23H28ClNO6/c1-28-18-6-5-15(24)11-16(18)22(25-9-7-14(8-10-25)23(26)27)17-12-20(30-3)21(31-4)13-19(17)29-2/h5-6,11-14,22H,7-10H2,1-4H3,(H,26,27). The molecule has 168 valence electrons. The molecule has 1 saturated heterocycles. The van der Waals surface area contributed by atoms with Crippen LogP contribution >= 0.6 is 11.6 Å². The van der Waals surface area contributed by atoms with Crippen molar-refractivity contribution in [2.24, 2.45) is 5.92 Å². The third kappa shape index (κ3) is 4.83. The van der Waals surface area contributed by atoms with Gasteiger partial charge in [-0.1, -0.05) is 11.6 Å². The van der Waals surface area contributed by atoms with Gasteiger partial charge in [-0.05, 0) is 50.2 Å². The number of likely N-dealkylation sites (tertiary alicyclic amines) is 1. The summed E-state index contributed by atoms with van der Waals surface area (Å²) in [6, 6.07) is 8.91. The number of rotatable bonds is 8. The second kappa shape index (κ2) is 10.1. The minimum Gasteiger partial charge on any atom is -0.496 e. The number of aliphatic carboxylic acids is 1. The van der Waals surface area contributed by atoms with Crippen LogP contribution in [-0.2, 0) is 4.79 Å². The van der Waals surface area contributed by atoms with Crippen LogP contribution < -0.4 is 18.9 Å². The first-order valence-electron chi connectivity index (χ1n) is 10.0. The summed E-state index contributed by atoms with van der Waals surface area (Å²) in [5.41, 5.74) is 1.73. The van der Waals surface area contributed by atoms with Crippen molar-refractivity contribution in [3.63, 3.8) is 0 Å². The predicted molar refractivity (Wildman–Crippen MR) is 118 cm³/mol. The molecule has 0 aromatic heterocycles. The summed E-state index contributed by atoms with van der Waals surface area (Å²) in [6.07, 6.45) is 1.12. The van der Waals surface area contributed by atoms with Crippen LogP contribution in [0.4, 0.5) is 0 Å². The average molecular weight is 450 g/mol. The summed E-state index contributed by atoms with van der Waals surface area (Å²) in [7, 11) is 6.38. The fourth-order valence-electron chi connectivity index (χ4n) is 4.15. The molecule has 0 saturated carbocycles. The van der Waals surface area contributed by atoms with Gasteiger partial charge in [0.1, 0.15) is 11.5 Å². The van der Waals surface area contributed by atoms with Crippen LogP contribution in [0.5, 0.6) is 23.0 Å². The molecule has 1 aliphatic rings. The molecule has 3 rings (SSSR count). The van der Waals surface area contributed by atoms with Crippen molar-refractivity contribution >= 4 is 17.6 Å². The van der Waals surface area contributed by atoms with Crippen molar-refractivity contribution in [1.82, 2.24) is 4.90 Å². The topological polar surface area (TPSA) is 77.5 Å². The highest BCUT2D eigenvalue weighted by atomic mass is 35.5. The number of methoxy groups -OCH3 is 4. The highest BCUT2D eigenvalue weighted by Gasteiger charge is 2.34. The smallest absolute Gasteiger partial charge is 0.306 e. The summed E-state index contributed by atoms with van der Waals surface area (Å²) in [4.78, 5) is 13.7. The minimum absolute atomic E-state index is 0.279. The van der Waals surface area contributed by atoms with Crippen molar-refractivity contribution in [1.29, 1.82) is 0 Å². The van der Waals surface area contributed by atoms with Crippen molar-refractivity contribution < 1.29 is 28.8 Å². The Morgan fingerprint density at radius 3 is 2.00 bits per heavy atom. The quantitative estimate of drug-likeness (QED) is 0.645. The first-order valence-corrected chi connectivity index (χ1v) is 10.4. The van der Waals surface area contributed by atoms with Gasteiger partial charge in [0, 0.05) is 22.2 Å². The molecule has 1 heterocycles. The zero-order valence-corrected chi connectivity index (χ0v) is 18.9. The minimum atomic E-state index is -0.750. The van der Waals surface area contributed by atoms with Crippen molar-refractivity contribution in [3.05, 3.63) is 46.5 Å². The van der Waals surface area contributed by atoms with E-state index in [-0.39, 0.29) is 12.0 Å². The fraction of sp³-hybridized carbons (Fsp3) is 0.435. The van der Waals surface area contributed by atoms with E-state index in [4.69, 9.17) is 30.5 Å². The van der Waals surface area contributed by atoms with Gasteiger partial charge in [-0.2, -0.15) is 0 Å². The van der Waals surface area contributed by atoms with Gasteiger partial charge in [-0.3, -0.25) is 9.69 Å². The van der Waals surface area contributed by atoms with Crippen LogP contribution in [0.25, 0.3) is 0 Å². The first kappa shape index (κ1) is 23.0. The average Bonchev–Trinajstić information content (AvgIpc) is 2.79. The molecule has 1 fully saturated rings. The molecule has 2 aromatic carbocycles. The van der Waals surface area contributed by atoms with Gasteiger partial charge in [0.2, 0.25) is 0 Å². The van der Waals surface area contributed by atoms with Crippen molar-refractivity contribution in [3.8, 4) is 23.0 Å². The van der Waals surface area contributed by atoms with Gasteiger partial charge in [0.15, 0.2) is 11.5 Å². The van der Waals surface area contributed by atoms with E-state index < -0.39 is 5.97 Å². The van der Waals surface area contributed by atoms with Gasteiger partial charge < -0.3 is 24.1 Å². The summed E-state index contributed by atoms with van der Waals surface area (Å²) in [5.74, 6) is 1.36. The first-order chi connectivity index (χ1) is 14.9. The zero-order chi connectivity index (χ0) is 22.5. The highest BCUT2D eigenvalue weighted by molar-refractivity contribution is 6.30. The van der Waals surface area contributed by atoms with E-state index in [9.17, 15) is 9.90 Å². The Balaban J connectivity index is 2.16. The number of benzene rings is 2. The number of carbonyl (C=O) groups is 1. The number of carboxylic acid groups (broad SMARTS) is 1. The Bertz CT molecular complexity index is 927. The molecule has 0 aliphatic carbocycles. The highest BCUT2D eigenvalue weighted by Crippen LogP contribution is 2.45. The zero-order valence-electron chi connectivity index (χ0n) is 18.2. The molecule has 0 spiro atoms. The molecule has 0 amide bonds. The summed E-state index contributed by atoms with van der Waals surface area (Å²) >= 11 is 6.36. The van der Waals surface area contributed by atoms with E-state index >= 15 is 0 Å². The lowest BCUT2D eigenvalue weighted by atomic mass is 9.90. The predicted octanol–water partition coefficient (Wildman–Crippen LogP) is 4.26. The Morgan fingerprint density at radius 2 is 1.45 bits per heavy atom. The van der Waals surface area contributed by atoms with Crippen LogP contribution in [0.1, 0.15) is 30.0 Å². The van der Waals surface area contributed by atoms with Gasteiger partial charge >= 0.3 is 5.97 Å². The molecule has 1 N–H and O–H groups in total. The Labute approximate surface area is 187 Å². The van der Waals surface area contributed by atoms with Crippen molar-refractivity contribution in [2.75, 3.05) is 41.5 Å². The molecule has 31 heavy (non-hydrogen) atoms. The lowest BCUT2D eigenvalue weighted by Crippen LogP contribution is -2.39. The molecule has 1 unspecified atom stereocenters. The van der Waals surface area contributed by atoms with Crippen LogP contribution in [0.15, 0.2) is 30.3 Å². The number of carboxylic acids is 1. The number of halogens is 1. The Kier molecular flexibility index (Phi) is 7.51. The van der Waals surface area contributed by atoms with Crippen LogP contribution in [0.2, 0.25) is 5.02 Å². The monoisotopic (exact) mass is 449 g/mol. The molecule has 0 radical (unpaired) electrons. The van der Waals surface area contributed by atoms with E-state index in [1.807, 2.05) is 18.2 Å². The molecule has 7 nitrogen and oxygen atoms in total. The lowest BCUT2D eigenvalue weighted by Gasteiger charge is -2.38. The number of nitrogens with zero attached hydrogens (tertiary/aromatic N) is 1. The normalized spacial score (nSPS) is 15.9. The van der Waals surface area contributed by atoms with Crippen LogP contribution in [0.3, 0.4) is 0 Å². The number of hydrogen-bond donors (Lipinski definition) is 1. The molecular weight excluding hydrogens is 422 g/mol. The van der Waals surface area contributed by atoms with Gasteiger partial charge in [0.25, 0.3) is 0 Å². The largest absolute Gasteiger partial charge is 0.496 e. The number of ether oxygens (including phenoxy) is 4. The third-order valence-corrected chi connectivity index (χ3v) is 6.00. The summed E-state index contributed by atoms with van der Waals surface area (Å²) in [6.45, 7) is 1.21. The van der Waals surface area contributed by atoms with E-state index in [0.29, 0.717) is 54.0 Å². The van der Waals surface area contributed by atoms with E-state index in [2.05, 4.69) is 4.90 Å². The van der Waals surface area contributed by atoms with E-state index in [0.717, 1.165) is 11.1 Å². The fourth-order valence-corrected chi connectivity index (χ4v) is 4.33. The lowest BCUT2D eigenvalue weighted by molar-refractivity contribution is -0.143. The molecule has 1 atom stereocenters. The third-order valence-electron chi connectivity index (χ3n) is 5.76. The second-order valence-corrected chi connectivity index (χ2v) is 7.82. The molecule has 0 bridgehead atoms. The van der Waals surface area contributed by atoms with Gasteiger partial charge in [-0.15, -0.1) is 0 Å². The maximum Gasteiger partial charge on any atom is 0.306 e. The molecule has 8 heteroatoms. The second-order valence-electron chi connectivity index (χ2n) is 7.39. The van der Waals surface area contributed by atoms with Crippen LogP contribution in [-0.4, -0.2) is 57.5 Å². The molecule has 2 aromatic rings. The van der Waals surface area contributed by atoms with Gasteiger partial charge in [0.05, 0.1) is 40.4 Å². The van der Waals surface area contributed by atoms with E-state index in [1.54, 1.807) is 40.6 Å². The maximum absolute atomic E-state index is 11.5. The maximum atomic E-state index is 11.5. The van der Waals surface area contributed by atoms with Crippen LogP contribution in [0, 0.1) is 5.92 Å². The summed E-state index contributed by atoms with van der Waals surface area (Å²) in [5, 5.41) is 10.0. The molecular formula is C23H28ClNO6. The number of piperidine rings is 1. The van der Waals surface area contributed by atoms with Crippen molar-refractivity contribution in [2.45, 2.75) is 18.9 Å². The Morgan fingerprint density at radius 1 is 0.903 bits per heavy atom. The molecule has 1 aliphatic heterocycles. The summed E-state index contributed by atoms with van der Waals surface area (Å²) < 4.78 is 22.3. The number of hydrogen-bond acceptors (Lipinski definition) is 6. The van der Waals surface area contributed by atoms with Gasteiger partial charge in [-0.25, -0.2) is 0 Å². The van der Waals surface area contributed by atoms with E-state index in [1.165, 1.54) is 0 Å². The Hall–Kier alpha value is -2.64. The SMILES string of the molecule is COc1cc(OC)c(C(c2cc(Cl)ccc2OC)N2CCC(C(=O)O)CC2)cc1OC.